The number of carbonyl (C=O) groups is 2. The number of sulfonamides is 1. The van der Waals surface area contributed by atoms with Gasteiger partial charge in [0, 0.05) is 28.6 Å². The summed E-state index contributed by atoms with van der Waals surface area (Å²) in [6.07, 6.45) is 0.269. The third-order valence-corrected chi connectivity index (χ3v) is 7.20. The van der Waals surface area contributed by atoms with Crippen LogP contribution in [0.5, 0.6) is 11.5 Å². The van der Waals surface area contributed by atoms with Crippen LogP contribution in [0.4, 0.5) is 8.78 Å². The Labute approximate surface area is 223 Å². The van der Waals surface area contributed by atoms with Crippen LogP contribution < -0.4 is 14.6 Å². The number of ether oxygens (including phenoxy) is 2. The molecular formula is C25H27F2N3O6S2. The van der Waals surface area contributed by atoms with E-state index in [0.717, 1.165) is 11.3 Å². The molecule has 1 amide bonds. The molecule has 3 rings (SSSR count). The van der Waals surface area contributed by atoms with E-state index in [1.807, 2.05) is 0 Å². The number of amides is 1. The highest BCUT2D eigenvalue weighted by molar-refractivity contribution is 7.89. The number of rotatable bonds is 12. The van der Waals surface area contributed by atoms with Crippen LogP contribution in [-0.4, -0.2) is 56.5 Å². The standard InChI is InChI=1S/C25H27F2N3O6S2/c1-15-22(35-2)10-16(11-23(15)36-3)25(32)30(9-5-6-17-18(26)7-4-8-19(17)27)12-24-29-20(13-37-24)21(31)14-38(28,33)34/h4,7-8,10-11,13H,5-6,9,12,14H2,1-3H3,(H2,28,33,34). The summed E-state index contributed by atoms with van der Waals surface area (Å²) in [5.74, 6) is -2.56. The van der Waals surface area contributed by atoms with E-state index in [9.17, 15) is 26.8 Å². The number of benzene rings is 2. The molecule has 1 heterocycles. The van der Waals surface area contributed by atoms with Crippen LogP contribution in [0, 0.1) is 18.6 Å². The van der Waals surface area contributed by atoms with E-state index in [1.54, 1.807) is 19.1 Å². The van der Waals surface area contributed by atoms with Gasteiger partial charge >= 0.3 is 0 Å². The second kappa shape index (κ2) is 12.4. The maximum atomic E-state index is 14.1. The zero-order chi connectivity index (χ0) is 28.0. The number of ketones is 1. The van der Waals surface area contributed by atoms with E-state index in [0.29, 0.717) is 22.1 Å². The molecule has 0 unspecified atom stereocenters. The highest BCUT2D eigenvalue weighted by Crippen LogP contribution is 2.30. The van der Waals surface area contributed by atoms with Gasteiger partial charge in [0.1, 0.15) is 39.6 Å². The van der Waals surface area contributed by atoms with E-state index in [-0.39, 0.29) is 42.8 Å². The summed E-state index contributed by atoms with van der Waals surface area (Å²) in [5, 5.41) is 6.70. The number of primary sulfonamides is 1. The second-order valence-corrected chi connectivity index (χ2v) is 11.0. The van der Waals surface area contributed by atoms with Gasteiger partial charge < -0.3 is 14.4 Å². The molecule has 0 aliphatic rings. The quantitative estimate of drug-likeness (QED) is 0.332. The maximum Gasteiger partial charge on any atom is 0.254 e. The Morgan fingerprint density at radius 1 is 1.11 bits per heavy atom. The Morgan fingerprint density at radius 2 is 1.71 bits per heavy atom. The molecule has 0 atom stereocenters. The van der Waals surface area contributed by atoms with Crippen molar-refractivity contribution < 1.29 is 36.3 Å². The molecular weight excluding hydrogens is 540 g/mol. The molecule has 0 fully saturated rings. The summed E-state index contributed by atoms with van der Waals surface area (Å²) in [7, 11) is -1.10. The molecule has 0 bridgehead atoms. The molecule has 38 heavy (non-hydrogen) atoms. The van der Waals surface area contributed by atoms with Crippen molar-refractivity contribution in [3.05, 3.63) is 74.7 Å². The summed E-state index contributed by atoms with van der Waals surface area (Å²) in [6, 6.07) is 6.74. The number of Topliss-reactive ketones (excluding diaryl/α,β-unsaturated/α-hetero) is 1. The number of carbonyl (C=O) groups excluding carboxylic acids is 2. The van der Waals surface area contributed by atoms with Gasteiger partial charge in [-0.3, -0.25) is 9.59 Å². The van der Waals surface area contributed by atoms with E-state index in [2.05, 4.69) is 4.98 Å². The molecule has 2 aromatic carbocycles. The minimum Gasteiger partial charge on any atom is -0.496 e. The predicted octanol–water partition coefficient (Wildman–Crippen LogP) is 3.49. The van der Waals surface area contributed by atoms with Crippen LogP contribution >= 0.6 is 11.3 Å². The first-order valence-corrected chi connectivity index (χ1v) is 14.0. The van der Waals surface area contributed by atoms with Crippen molar-refractivity contribution in [2.24, 2.45) is 5.14 Å². The van der Waals surface area contributed by atoms with Crippen LogP contribution in [0.3, 0.4) is 0 Å². The third-order valence-electron chi connectivity index (χ3n) is 5.70. The van der Waals surface area contributed by atoms with Gasteiger partial charge in [-0.05, 0) is 44.0 Å². The molecule has 0 saturated carbocycles. The first kappa shape index (κ1) is 29.1. The number of nitrogens with zero attached hydrogens (tertiary/aromatic N) is 2. The largest absolute Gasteiger partial charge is 0.496 e. The summed E-state index contributed by atoms with van der Waals surface area (Å²) < 4.78 is 61.5. The molecule has 0 aliphatic carbocycles. The zero-order valence-corrected chi connectivity index (χ0v) is 22.6. The summed E-state index contributed by atoms with van der Waals surface area (Å²) in [4.78, 5) is 31.4. The van der Waals surface area contributed by atoms with Gasteiger partial charge in [-0.1, -0.05) is 6.07 Å². The zero-order valence-electron chi connectivity index (χ0n) is 21.0. The minimum atomic E-state index is -4.03. The van der Waals surface area contributed by atoms with E-state index >= 15 is 0 Å². The highest BCUT2D eigenvalue weighted by atomic mass is 32.2. The van der Waals surface area contributed by atoms with Crippen molar-refractivity contribution in [3.8, 4) is 11.5 Å². The number of thiazole rings is 1. The number of hydrogen-bond acceptors (Lipinski definition) is 8. The Bertz CT molecular complexity index is 1400. The molecule has 0 radical (unpaired) electrons. The van der Waals surface area contributed by atoms with Gasteiger partial charge in [-0.25, -0.2) is 27.3 Å². The van der Waals surface area contributed by atoms with Crippen molar-refractivity contribution in [1.29, 1.82) is 0 Å². The van der Waals surface area contributed by atoms with E-state index in [4.69, 9.17) is 14.6 Å². The van der Waals surface area contributed by atoms with E-state index < -0.39 is 39.1 Å². The van der Waals surface area contributed by atoms with E-state index in [1.165, 1.54) is 42.7 Å². The monoisotopic (exact) mass is 567 g/mol. The second-order valence-electron chi connectivity index (χ2n) is 8.39. The smallest absolute Gasteiger partial charge is 0.254 e. The summed E-state index contributed by atoms with van der Waals surface area (Å²) >= 11 is 1.07. The Morgan fingerprint density at radius 3 is 2.26 bits per heavy atom. The molecule has 3 aromatic rings. The number of nitrogens with two attached hydrogens (primary N) is 1. The summed E-state index contributed by atoms with van der Waals surface area (Å²) in [5.41, 5.74) is 0.789. The first-order chi connectivity index (χ1) is 17.9. The number of aromatic nitrogens is 1. The van der Waals surface area contributed by atoms with Crippen molar-refractivity contribution in [1.82, 2.24) is 9.88 Å². The molecule has 0 spiro atoms. The van der Waals surface area contributed by atoms with Crippen molar-refractivity contribution in [3.63, 3.8) is 0 Å². The number of hydrogen-bond donors (Lipinski definition) is 1. The lowest BCUT2D eigenvalue weighted by atomic mass is 10.1. The average Bonchev–Trinajstić information content (AvgIpc) is 3.32. The van der Waals surface area contributed by atoms with Gasteiger partial charge in [-0.15, -0.1) is 11.3 Å². The fourth-order valence-electron chi connectivity index (χ4n) is 3.79. The lowest BCUT2D eigenvalue weighted by molar-refractivity contribution is 0.0740. The average molecular weight is 568 g/mol. The van der Waals surface area contributed by atoms with Gasteiger partial charge in [0.15, 0.2) is 5.78 Å². The number of halogens is 2. The van der Waals surface area contributed by atoms with Gasteiger partial charge in [-0.2, -0.15) is 0 Å². The van der Waals surface area contributed by atoms with Crippen LogP contribution in [0.15, 0.2) is 35.7 Å². The lowest BCUT2D eigenvalue weighted by Crippen LogP contribution is -2.32. The first-order valence-electron chi connectivity index (χ1n) is 11.4. The van der Waals surface area contributed by atoms with Gasteiger partial charge in [0.25, 0.3) is 5.91 Å². The Hall–Kier alpha value is -3.42. The fourth-order valence-corrected chi connectivity index (χ4v) is 5.12. The Kier molecular flexibility index (Phi) is 9.52. The SMILES string of the molecule is COc1cc(C(=O)N(CCCc2c(F)cccc2F)Cc2nc(C(=O)CS(N)(=O)=O)cs2)cc(OC)c1C. The van der Waals surface area contributed by atoms with Crippen molar-refractivity contribution >= 4 is 33.1 Å². The molecule has 0 saturated heterocycles. The van der Waals surface area contributed by atoms with Gasteiger partial charge in [0.2, 0.25) is 10.0 Å². The van der Waals surface area contributed by atoms with Gasteiger partial charge in [0.05, 0.1) is 20.8 Å². The molecule has 9 nitrogen and oxygen atoms in total. The van der Waals surface area contributed by atoms with Crippen molar-refractivity contribution in [2.45, 2.75) is 26.3 Å². The Balaban J connectivity index is 1.88. The molecule has 1 aromatic heterocycles. The van der Waals surface area contributed by atoms with Crippen molar-refractivity contribution in [2.75, 3.05) is 26.5 Å². The minimum absolute atomic E-state index is 0.0373. The normalized spacial score (nSPS) is 11.3. The third kappa shape index (κ3) is 7.33. The van der Waals surface area contributed by atoms with Crippen LogP contribution in [0.1, 0.15) is 43.4 Å². The molecule has 2 N–H and O–H groups in total. The molecule has 0 aliphatic heterocycles. The molecule has 13 heteroatoms. The maximum absolute atomic E-state index is 14.1. The lowest BCUT2D eigenvalue weighted by Gasteiger charge is -2.23. The fraction of sp³-hybridized carbons (Fsp3) is 0.320. The predicted molar refractivity (Wildman–Crippen MR) is 138 cm³/mol. The number of methoxy groups -OCH3 is 2. The molecule has 204 valence electrons. The van der Waals surface area contributed by atoms with Crippen LogP contribution in [-0.2, 0) is 23.0 Å². The van der Waals surface area contributed by atoms with Crippen LogP contribution in [0.2, 0.25) is 0 Å². The highest BCUT2D eigenvalue weighted by Gasteiger charge is 2.23. The topological polar surface area (TPSA) is 129 Å². The summed E-state index contributed by atoms with van der Waals surface area (Å²) in [6.45, 7) is 1.85. The van der Waals surface area contributed by atoms with Crippen LogP contribution in [0.25, 0.3) is 0 Å².